The molecule has 8 rings (SSSR count). The Balaban J connectivity index is 0.000000371. The third kappa shape index (κ3) is 14.7. The molecule has 0 bridgehead atoms. The quantitative estimate of drug-likeness (QED) is 0.143. The molecule has 0 fully saturated rings. The van der Waals surface area contributed by atoms with Gasteiger partial charge in [-0.1, -0.05) is 103 Å². The van der Waals surface area contributed by atoms with Gasteiger partial charge in [0.15, 0.2) is 0 Å². The maximum Gasteiger partial charge on any atom is -1.00 e. The second-order valence-electron chi connectivity index (χ2n) is 18.3. The van der Waals surface area contributed by atoms with Crippen LogP contribution in [-0.4, -0.2) is 40.7 Å². The predicted octanol–water partition coefficient (Wildman–Crippen LogP) is 6.35. The van der Waals surface area contributed by atoms with Crippen molar-refractivity contribution in [1.82, 2.24) is 0 Å². The van der Waals surface area contributed by atoms with E-state index in [0.29, 0.717) is 0 Å². The van der Waals surface area contributed by atoms with Gasteiger partial charge in [-0.05, 0) is 0 Å². The van der Waals surface area contributed by atoms with Crippen LogP contribution in [0, 0.1) is 0 Å². The molecule has 0 atom stereocenters. The molecule has 8 aromatic rings. The molecule has 8 heteroatoms. The van der Waals surface area contributed by atoms with Gasteiger partial charge in [0.1, 0.15) is 0 Å². The Kier molecular flexibility index (Phi) is 22.5. The fourth-order valence-electron chi connectivity index (χ4n) is 7.22. The van der Waals surface area contributed by atoms with Crippen molar-refractivity contribution in [3.8, 4) is 0 Å². The molecular weight excluding hydrogens is 966 g/mol. The normalized spacial score (nSPS) is 11.2. The van der Waals surface area contributed by atoms with E-state index >= 15 is 0 Å². The first-order valence-corrected chi connectivity index (χ1v) is 37.1. The van der Waals surface area contributed by atoms with E-state index in [1.54, 1.807) is 20.7 Å². The molecule has 58 heavy (non-hydrogen) atoms. The Labute approximate surface area is 397 Å². The molecular formula is C50H64Cl2Si4Zr2-2. The summed E-state index contributed by atoms with van der Waals surface area (Å²) in [4.78, 5) is 0. The summed E-state index contributed by atoms with van der Waals surface area (Å²) < 4.78 is 6.68. The van der Waals surface area contributed by atoms with Gasteiger partial charge in [-0.2, -0.15) is 66.6 Å². The summed E-state index contributed by atoms with van der Waals surface area (Å²) in [5, 5.41) is 17.7. The maximum atomic E-state index is 3.34. The van der Waals surface area contributed by atoms with Gasteiger partial charge in [0, 0.05) is 32.3 Å². The van der Waals surface area contributed by atoms with Crippen LogP contribution in [0.1, 0.15) is 0 Å². The Morgan fingerprint density at radius 2 is 0.466 bits per heavy atom. The van der Waals surface area contributed by atoms with Crippen LogP contribution in [0.3, 0.4) is 0 Å². The summed E-state index contributed by atoms with van der Waals surface area (Å²) >= 11 is 2.60. The van der Waals surface area contributed by atoms with Gasteiger partial charge in [-0.3, -0.25) is 0 Å². The zero-order valence-corrected chi connectivity index (χ0v) is 47.5. The van der Waals surface area contributed by atoms with Crippen molar-refractivity contribution in [2.24, 2.45) is 0 Å². The van der Waals surface area contributed by atoms with E-state index in [1.165, 1.54) is 91.6 Å². The zero-order chi connectivity index (χ0) is 41.9. The summed E-state index contributed by atoms with van der Waals surface area (Å²) in [6.07, 6.45) is 0. The predicted molar refractivity (Wildman–Crippen MR) is 264 cm³/mol. The molecule has 0 saturated heterocycles. The van der Waals surface area contributed by atoms with Crippen LogP contribution in [0.4, 0.5) is 0 Å². The molecule has 0 aliphatic rings. The minimum absolute atomic E-state index is 0. The minimum atomic E-state index is -1.15. The average Bonchev–Trinajstić information content (AvgIpc) is 3.97. The monoisotopic (exact) mass is 1030 g/mol. The first-order valence-electron chi connectivity index (χ1n) is 19.7. The SMILES string of the molecule is C[Si](C)(C)c1c[cH-]c2ccccc12.C[Si](C)(C)c1c[cH-]c2ccccc12.C[Si](C)(C)c1c[cH-]c2ccccc12.C[Si](C)(C)c1c[cH-]c2ccccc12.[CH2]=[Zr+2].[CH2]=[Zr+2].[Cl-].[Cl-]. The molecule has 0 heterocycles. The number of halogens is 2. The molecule has 304 valence electrons. The number of fused-ring (bicyclic) bond motifs is 4. The van der Waals surface area contributed by atoms with Crippen molar-refractivity contribution in [3.05, 3.63) is 146 Å². The van der Waals surface area contributed by atoms with Crippen LogP contribution in [-0.2, 0) is 48.5 Å². The van der Waals surface area contributed by atoms with E-state index in [1.807, 2.05) is 0 Å². The number of hydrogen-bond acceptors (Lipinski definition) is 0. The maximum absolute atomic E-state index is 3.34. The third-order valence-electron chi connectivity index (χ3n) is 9.95. The molecule has 8 aromatic carbocycles. The molecule has 0 nitrogen and oxygen atoms in total. The molecule has 0 unspecified atom stereocenters. The Morgan fingerprint density at radius 1 is 0.310 bits per heavy atom. The largest absolute Gasteiger partial charge is 1.00 e. The summed E-state index contributed by atoms with van der Waals surface area (Å²) in [6.45, 7) is 28.8. The second-order valence-corrected chi connectivity index (χ2v) is 38.5. The van der Waals surface area contributed by atoms with Crippen LogP contribution >= 0.6 is 0 Å². The van der Waals surface area contributed by atoms with E-state index in [2.05, 4.69) is 233 Å². The summed E-state index contributed by atoms with van der Waals surface area (Å²) in [5.74, 6) is 0. The molecule has 0 spiro atoms. The molecule has 0 amide bonds. The van der Waals surface area contributed by atoms with E-state index in [0.717, 1.165) is 0 Å². The van der Waals surface area contributed by atoms with Gasteiger partial charge in [0.05, 0.1) is 0 Å². The Morgan fingerprint density at radius 3 is 0.621 bits per heavy atom. The summed E-state index contributed by atoms with van der Waals surface area (Å²) in [5.41, 5.74) is 0. The molecule has 0 saturated carbocycles. The molecule has 0 radical (unpaired) electrons. The van der Waals surface area contributed by atoms with Gasteiger partial charge in [-0.15, -0.1) is 119 Å². The van der Waals surface area contributed by atoms with Crippen LogP contribution in [0.15, 0.2) is 146 Å². The Bertz CT molecular complexity index is 2070. The Hall–Kier alpha value is -1.73. The van der Waals surface area contributed by atoms with Gasteiger partial charge >= 0.3 is 56.9 Å². The number of rotatable bonds is 4. The average molecular weight is 1030 g/mol. The molecule has 0 aliphatic carbocycles. The van der Waals surface area contributed by atoms with Crippen LogP contribution < -0.4 is 45.6 Å². The number of hydrogen-bond donors (Lipinski definition) is 0. The second kappa shape index (κ2) is 24.1. The first kappa shape index (κ1) is 54.3. The molecule has 0 aromatic heterocycles. The van der Waals surface area contributed by atoms with E-state index < -0.39 is 32.3 Å². The van der Waals surface area contributed by atoms with Gasteiger partial charge in [0.25, 0.3) is 0 Å². The van der Waals surface area contributed by atoms with Crippen molar-refractivity contribution in [2.45, 2.75) is 78.6 Å². The van der Waals surface area contributed by atoms with Crippen molar-refractivity contribution >= 4 is 105 Å². The van der Waals surface area contributed by atoms with E-state index in [4.69, 9.17) is 0 Å². The summed E-state index contributed by atoms with van der Waals surface area (Å²) in [7, 11) is -4.58. The van der Waals surface area contributed by atoms with Crippen LogP contribution in [0.25, 0.3) is 43.1 Å². The van der Waals surface area contributed by atoms with Crippen molar-refractivity contribution in [1.29, 1.82) is 0 Å². The standard InChI is InChI=1S/4C12H15Si.2CH2.2ClH.2Zr/c4*1-13(2,3)12-9-8-10-6-4-5-7-11(10)12;;;;;;/h4*4-9H,1-3H3;2*1H2;2*1H;;/q4*-1;;;;;2*+2/p-2. The van der Waals surface area contributed by atoms with Crippen LogP contribution in [0.5, 0.6) is 0 Å². The van der Waals surface area contributed by atoms with Gasteiger partial charge in [0.2, 0.25) is 0 Å². The fraction of sp³-hybridized carbons (Fsp3) is 0.240. The smallest absolute Gasteiger partial charge is 1.00 e. The van der Waals surface area contributed by atoms with E-state index in [-0.39, 0.29) is 24.8 Å². The zero-order valence-electron chi connectivity index (χ0n) is 37.0. The van der Waals surface area contributed by atoms with Crippen molar-refractivity contribution < 1.29 is 73.3 Å². The van der Waals surface area contributed by atoms with E-state index in [9.17, 15) is 0 Å². The third-order valence-corrected chi connectivity index (χ3v) is 18.2. The first-order chi connectivity index (χ1) is 26.4. The minimum Gasteiger partial charge on any atom is -1.00 e. The molecule has 0 aliphatic heterocycles. The topological polar surface area (TPSA) is 0 Å². The van der Waals surface area contributed by atoms with Gasteiger partial charge < -0.3 is 24.8 Å². The van der Waals surface area contributed by atoms with Crippen molar-refractivity contribution in [2.75, 3.05) is 0 Å². The van der Waals surface area contributed by atoms with Crippen molar-refractivity contribution in [3.63, 3.8) is 0 Å². The van der Waals surface area contributed by atoms with Crippen LogP contribution in [0.2, 0.25) is 78.6 Å². The number of benzene rings is 4. The fourth-order valence-corrected chi connectivity index (χ4v) is 13.7. The molecule has 0 N–H and O–H groups in total. The summed E-state index contributed by atoms with van der Waals surface area (Å²) in [6, 6.07) is 52.8. The van der Waals surface area contributed by atoms with Gasteiger partial charge in [-0.25, -0.2) is 0 Å².